The van der Waals surface area contributed by atoms with Gasteiger partial charge in [0.25, 0.3) is 0 Å². The summed E-state index contributed by atoms with van der Waals surface area (Å²) in [5.41, 5.74) is 4.62. The van der Waals surface area contributed by atoms with Gasteiger partial charge in [-0.15, -0.1) is 0 Å². The molecule has 21 heavy (non-hydrogen) atoms. The van der Waals surface area contributed by atoms with Crippen molar-refractivity contribution in [2.75, 3.05) is 0 Å². The molecule has 0 saturated carbocycles. The van der Waals surface area contributed by atoms with Crippen LogP contribution in [0.5, 0.6) is 5.75 Å². The number of hydrogen-bond donors (Lipinski definition) is 2. The highest BCUT2D eigenvalue weighted by molar-refractivity contribution is 5.92. The third-order valence-corrected chi connectivity index (χ3v) is 3.08. The van der Waals surface area contributed by atoms with Crippen LogP contribution in [0.3, 0.4) is 0 Å². The second kappa shape index (κ2) is 6.41. The number of carbonyl (C=O) groups is 1. The molecular weight excluding hydrogens is 270 g/mol. The van der Waals surface area contributed by atoms with Gasteiger partial charge in [-0.2, -0.15) is 0 Å². The molecule has 6 heteroatoms. The number of nitrogens with two attached hydrogens (primary N) is 1. The summed E-state index contributed by atoms with van der Waals surface area (Å²) in [4.78, 5) is 15.9. The molecule has 2 aromatic heterocycles. The van der Waals surface area contributed by atoms with Crippen LogP contribution in [0.15, 0.2) is 22.6 Å². The van der Waals surface area contributed by atoms with Gasteiger partial charge < -0.3 is 9.15 Å². The van der Waals surface area contributed by atoms with Crippen molar-refractivity contribution in [3.8, 4) is 5.75 Å². The average Bonchev–Trinajstić information content (AvgIpc) is 2.86. The number of carbonyl (C=O) groups excluding carboxylic acids is 1. The number of nitrogens with zero attached hydrogens (tertiary/aromatic N) is 1. The van der Waals surface area contributed by atoms with Gasteiger partial charge in [0.15, 0.2) is 5.76 Å². The Balaban J connectivity index is 2.12. The number of hydrazine groups is 1. The number of nitrogen functional groups attached to an aromatic ring is 1. The molecule has 0 aromatic carbocycles. The van der Waals surface area contributed by atoms with Crippen LogP contribution in [0, 0.1) is 13.8 Å². The van der Waals surface area contributed by atoms with Gasteiger partial charge in [-0.3, -0.25) is 15.2 Å². The minimum Gasteiger partial charge on any atom is -0.484 e. The Hall–Kier alpha value is -2.34. The van der Waals surface area contributed by atoms with Gasteiger partial charge in [-0.05, 0) is 38.5 Å². The molecule has 3 N–H and O–H groups in total. The standard InChI is InChI=1S/C15H19N3O3/c1-4-12-13(6-5-10(3)17-12)20-8-11-7-9(2)14(21-11)15(19)18-16/h5-7H,4,8,16H2,1-3H3,(H,18,19). The first kappa shape index (κ1) is 15.1. The molecule has 0 fully saturated rings. The number of nitrogens with one attached hydrogen (secondary N) is 1. The minimum atomic E-state index is -0.454. The van der Waals surface area contributed by atoms with Crippen LogP contribution in [0.4, 0.5) is 0 Å². The zero-order chi connectivity index (χ0) is 15.4. The van der Waals surface area contributed by atoms with Crippen molar-refractivity contribution < 1.29 is 13.9 Å². The molecule has 0 aliphatic heterocycles. The summed E-state index contributed by atoms with van der Waals surface area (Å²) in [6, 6.07) is 5.55. The first-order chi connectivity index (χ1) is 10.0. The number of rotatable bonds is 5. The quantitative estimate of drug-likeness (QED) is 0.499. The van der Waals surface area contributed by atoms with Crippen molar-refractivity contribution in [2.24, 2.45) is 5.84 Å². The maximum atomic E-state index is 11.5. The van der Waals surface area contributed by atoms with E-state index in [1.54, 1.807) is 13.0 Å². The summed E-state index contributed by atoms with van der Waals surface area (Å²) in [5, 5.41) is 0. The lowest BCUT2D eigenvalue weighted by Crippen LogP contribution is -2.30. The van der Waals surface area contributed by atoms with Crippen LogP contribution in [0.2, 0.25) is 0 Å². The average molecular weight is 289 g/mol. The molecule has 2 aromatic rings. The summed E-state index contributed by atoms with van der Waals surface area (Å²) in [6.07, 6.45) is 0.787. The molecule has 0 bridgehead atoms. The third-order valence-electron chi connectivity index (χ3n) is 3.08. The van der Waals surface area contributed by atoms with Gasteiger partial charge in [0.05, 0.1) is 5.69 Å². The van der Waals surface area contributed by atoms with E-state index < -0.39 is 5.91 Å². The number of aryl methyl sites for hydroxylation is 3. The molecule has 0 aliphatic rings. The fourth-order valence-corrected chi connectivity index (χ4v) is 2.04. The molecule has 0 radical (unpaired) electrons. The molecule has 0 atom stereocenters. The molecule has 2 rings (SSSR count). The van der Waals surface area contributed by atoms with Crippen molar-refractivity contribution in [3.63, 3.8) is 0 Å². The number of furan rings is 1. The van der Waals surface area contributed by atoms with E-state index in [4.69, 9.17) is 15.0 Å². The number of amides is 1. The van der Waals surface area contributed by atoms with E-state index in [0.29, 0.717) is 11.3 Å². The highest BCUT2D eigenvalue weighted by atomic mass is 16.5. The zero-order valence-electron chi connectivity index (χ0n) is 12.4. The Morgan fingerprint density at radius 1 is 1.43 bits per heavy atom. The van der Waals surface area contributed by atoms with Crippen molar-refractivity contribution in [3.05, 3.63) is 46.7 Å². The van der Waals surface area contributed by atoms with E-state index in [9.17, 15) is 4.79 Å². The topological polar surface area (TPSA) is 90.4 Å². The molecule has 6 nitrogen and oxygen atoms in total. The predicted octanol–water partition coefficient (Wildman–Crippen LogP) is 2.04. The van der Waals surface area contributed by atoms with E-state index in [-0.39, 0.29) is 12.4 Å². The minimum absolute atomic E-state index is 0.203. The van der Waals surface area contributed by atoms with Crippen LogP contribution in [0.25, 0.3) is 0 Å². The summed E-state index contributed by atoms with van der Waals surface area (Å²) < 4.78 is 11.2. The van der Waals surface area contributed by atoms with Crippen LogP contribution in [-0.4, -0.2) is 10.9 Å². The van der Waals surface area contributed by atoms with Crippen LogP contribution in [-0.2, 0) is 13.0 Å². The van der Waals surface area contributed by atoms with Crippen LogP contribution in [0.1, 0.15) is 40.2 Å². The summed E-state index contributed by atoms with van der Waals surface area (Å²) in [6.45, 7) is 5.98. The van der Waals surface area contributed by atoms with Crippen molar-refractivity contribution in [2.45, 2.75) is 33.8 Å². The molecule has 0 saturated heterocycles. The number of aromatic nitrogens is 1. The zero-order valence-corrected chi connectivity index (χ0v) is 12.4. The lowest BCUT2D eigenvalue weighted by molar-refractivity contribution is 0.0921. The Morgan fingerprint density at radius 3 is 2.86 bits per heavy atom. The molecule has 0 unspecified atom stereocenters. The van der Waals surface area contributed by atoms with Crippen molar-refractivity contribution in [1.29, 1.82) is 0 Å². The molecule has 1 amide bonds. The summed E-state index contributed by atoms with van der Waals surface area (Å²) >= 11 is 0. The fourth-order valence-electron chi connectivity index (χ4n) is 2.04. The Kier molecular flexibility index (Phi) is 4.59. The lowest BCUT2D eigenvalue weighted by Gasteiger charge is -2.09. The fraction of sp³-hybridized carbons (Fsp3) is 0.333. The third kappa shape index (κ3) is 3.41. The maximum Gasteiger partial charge on any atom is 0.301 e. The van der Waals surface area contributed by atoms with Gasteiger partial charge in [-0.1, -0.05) is 6.92 Å². The summed E-state index contributed by atoms with van der Waals surface area (Å²) in [5.74, 6) is 6.14. The molecule has 112 valence electrons. The Morgan fingerprint density at radius 2 is 2.19 bits per heavy atom. The summed E-state index contributed by atoms with van der Waals surface area (Å²) in [7, 11) is 0. The number of hydrogen-bond acceptors (Lipinski definition) is 5. The first-order valence-corrected chi connectivity index (χ1v) is 6.74. The van der Waals surface area contributed by atoms with Crippen LogP contribution < -0.4 is 16.0 Å². The van der Waals surface area contributed by atoms with Gasteiger partial charge in [0, 0.05) is 11.3 Å². The smallest absolute Gasteiger partial charge is 0.301 e. The van der Waals surface area contributed by atoms with Gasteiger partial charge >= 0.3 is 5.91 Å². The monoisotopic (exact) mass is 289 g/mol. The van der Waals surface area contributed by atoms with Gasteiger partial charge in [0.2, 0.25) is 0 Å². The van der Waals surface area contributed by atoms with Crippen molar-refractivity contribution >= 4 is 5.91 Å². The Labute approximate surface area is 123 Å². The first-order valence-electron chi connectivity index (χ1n) is 6.74. The Bertz CT molecular complexity index is 650. The van der Waals surface area contributed by atoms with E-state index in [0.717, 1.165) is 23.6 Å². The second-order valence-corrected chi connectivity index (χ2v) is 4.74. The maximum absolute atomic E-state index is 11.5. The van der Waals surface area contributed by atoms with Crippen LogP contribution >= 0.6 is 0 Å². The lowest BCUT2D eigenvalue weighted by atomic mass is 10.2. The number of ether oxygens (including phenoxy) is 1. The van der Waals surface area contributed by atoms with Crippen molar-refractivity contribution in [1.82, 2.24) is 10.4 Å². The molecule has 2 heterocycles. The second-order valence-electron chi connectivity index (χ2n) is 4.74. The molecular formula is C15H19N3O3. The highest BCUT2D eigenvalue weighted by Gasteiger charge is 2.15. The molecule has 0 spiro atoms. The molecule has 0 aliphatic carbocycles. The number of pyridine rings is 1. The SMILES string of the molecule is CCc1nc(C)ccc1OCc1cc(C)c(C(=O)NN)o1. The van der Waals surface area contributed by atoms with E-state index in [1.165, 1.54) is 0 Å². The largest absolute Gasteiger partial charge is 0.484 e. The normalized spacial score (nSPS) is 10.5. The van der Waals surface area contributed by atoms with Gasteiger partial charge in [-0.25, -0.2) is 5.84 Å². The highest BCUT2D eigenvalue weighted by Crippen LogP contribution is 2.21. The van der Waals surface area contributed by atoms with Gasteiger partial charge in [0.1, 0.15) is 18.1 Å². The predicted molar refractivity (Wildman–Crippen MR) is 77.8 cm³/mol. The van der Waals surface area contributed by atoms with E-state index >= 15 is 0 Å². The van der Waals surface area contributed by atoms with E-state index in [2.05, 4.69) is 10.4 Å². The van der Waals surface area contributed by atoms with E-state index in [1.807, 2.05) is 26.0 Å².